The molecule has 1 amide bonds. The molecule has 0 unspecified atom stereocenters. The van der Waals surface area contributed by atoms with Gasteiger partial charge in [-0.3, -0.25) is 4.79 Å². The van der Waals surface area contributed by atoms with E-state index in [2.05, 4.69) is 10.4 Å². The Morgan fingerprint density at radius 2 is 2.08 bits per heavy atom. The van der Waals surface area contributed by atoms with Gasteiger partial charge in [-0.05, 0) is 44.5 Å². The van der Waals surface area contributed by atoms with Gasteiger partial charge in [0.05, 0.1) is 6.10 Å². The van der Waals surface area contributed by atoms with E-state index in [0.717, 1.165) is 4.68 Å². The third-order valence-corrected chi connectivity index (χ3v) is 3.09. The average Bonchev–Trinajstić information content (AvgIpc) is 2.88. The fraction of sp³-hybridized carbons (Fsp3) is 0.438. The van der Waals surface area contributed by atoms with E-state index in [1.165, 1.54) is 24.3 Å². The van der Waals surface area contributed by atoms with Gasteiger partial charge in [-0.15, -0.1) is 5.10 Å². The number of aromatic nitrogens is 2. The lowest BCUT2D eigenvalue weighted by Crippen LogP contribution is -2.32. The summed E-state index contributed by atoms with van der Waals surface area (Å²) in [6.45, 7) is 4.64. The smallest absolute Gasteiger partial charge is 0.388 e. The molecule has 1 aromatic heterocycles. The van der Waals surface area contributed by atoms with Crippen LogP contribution in [0.15, 0.2) is 33.5 Å². The Hall–Kier alpha value is -2.48. The number of hydrogen-bond acceptors (Lipinski definition) is 5. The lowest BCUT2D eigenvalue weighted by molar-refractivity contribution is -0.122. The number of amides is 1. The molecule has 1 heterocycles. The first kappa shape index (κ1) is 17.9. The molecule has 0 aliphatic rings. The molecule has 0 aliphatic heterocycles. The van der Waals surface area contributed by atoms with Gasteiger partial charge < -0.3 is 14.5 Å². The van der Waals surface area contributed by atoms with Crippen LogP contribution in [0.25, 0.3) is 11.5 Å². The first-order valence-electron chi connectivity index (χ1n) is 7.68. The molecule has 0 aliphatic carbocycles. The van der Waals surface area contributed by atoms with Gasteiger partial charge in [-0.25, -0.2) is 9.18 Å². The monoisotopic (exact) mass is 337 g/mol. The van der Waals surface area contributed by atoms with Crippen molar-refractivity contribution in [3.63, 3.8) is 0 Å². The molecule has 8 heteroatoms. The number of ether oxygens (including phenoxy) is 1. The Bertz CT molecular complexity index is 722. The molecule has 0 spiro atoms. The topological polar surface area (TPSA) is 86.4 Å². The first-order chi connectivity index (χ1) is 11.5. The number of carbonyl (C=O) groups is 1. The van der Waals surface area contributed by atoms with E-state index in [-0.39, 0.29) is 24.4 Å². The second-order valence-corrected chi connectivity index (χ2v) is 5.46. The number of halogens is 1. The van der Waals surface area contributed by atoms with Crippen molar-refractivity contribution in [1.82, 2.24) is 15.1 Å². The minimum absolute atomic E-state index is 0.0399. The maximum atomic E-state index is 12.9. The highest BCUT2D eigenvalue weighted by Crippen LogP contribution is 2.15. The highest BCUT2D eigenvalue weighted by atomic mass is 19.1. The van der Waals surface area contributed by atoms with Crippen molar-refractivity contribution in [1.29, 1.82) is 0 Å². The quantitative estimate of drug-likeness (QED) is 0.739. The van der Waals surface area contributed by atoms with E-state index in [1.54, 1.807) is 0 Å². The Balaban J connectivity index is 1.87. The molecule has 0 saturated carbocycles. The van der Waals surface area contributed by atoms with Crippen LogP contribution in [0.3, 0.4) is 0 Å². The molecule has 130 valence electrons. The molecule has 7 nitrogen and oxygen atoms in total. The van der Waals surface area contributed by atoms with E-state index in [1.807, 2.05) is 13.8 Å². The minimum atomic E-state index is -0.743. The van der Waals surface area contributed by atoms with Crippen LogP contribution < -0.4 is 11.1 Å². The molecule has 0 fully saturated rings. The van der Waals surface area contributed by atoms with Crippen LogP contribution in [0.4, 0.5) is 4.39 Å². The van der Waals surface area contributed by atoms with Crippen molar-refractivity contribution in [3.05, 3.63) is 40.6 Å². The van der Waals surface area contributed by atoms with Gasteiger partial charge in [0.15, 0.2) is 0 Å². The van der Waals surface area contributed by atoms with Crippen LogP contribution >= 0.6 is 0 Å². The van der Waals surface area contributed by atoms with Crippen molar-refractivity contribution < 1.29 is 18.3 Å². The fourth-order valence-corrected chi connectivity index (χ4v) is 1.93. The molecule has 0 bridgehead atoms. The van der Waals surface area contributed by atoms with Gasteiger partial charge in [0.2, 0.25) is 11.8 Å². The van der Waals surface area contributed by atoms with Gasteiger partial charge in [-0.2, -0.15) is 4.68 Å². The summed E-state index contributed by atoms with van der Waals surface area (Å²) in [6.07, 6.45) is 0.831. The molecular formula is C16H20FN3O4. The SMILES string of the molecule is CC(C)OCCCNC(=O)Cn1nc(-c2ccc(F)cc2)oc1=O. The van der Waals surface area contributed by atoms with Crippen molar-refractivity contribution in [3.8, 4) is 11.5 Å². The summed E-state index contributed by atoms with van der Waals surface area (Å²) in [5, 5.41) is 6.63. The summed E-state index contributed by atoms with van der Waals surface area (Å²) in [5.41, 5.74) is 0.457. The van der Waals surface area contributed by atoms with Crippen LogP contribution in [-0.4, -0.2) is 34.9 Å². The molecule has 0 atom stereocenters. The Morgan fingerprint density at radius 1 is 1.38 bits per heavy atom. The third-order valence-electron chi connectivity index (χ3n) is 3.09. The maximum Gasteiger partial charge on any atom is 0.437 e. The zero-order valence-electron chi connectivity index (χ0n) is 13.6. The van der Waals surface area contributed by atoms with Gasteiger partial charge in [0, 0.05) is 18.7 Å². The predicted octanol–water partition coefficient (Wildman–Crippen LogP) is 1.57. The second kappa shape index (κ2) is 8.39. The number of nitrogens with one attached hydrogen (secondary N) is 1. The summed E-state index contributed by atoms with van der Waals surface area (Å²) < 4.78 is 24.2. The van der Waals surface area contributed by atoms with Gasteiger partial charge >= 0.3 is 5.76 Å². The predicted molar refractivity (Wildman–Crippen MR) is 84.9 cm³/mol. The van der Waals surface area contributed by atoms with Crippen LogP contribution in [-0.2, 0) is 16.1 Å². The number of nitrogens with zero attached hydrogens (tertiary/aromatic N) is 2. The van der Waals surface area contributed by atoms with Crippen molar-refractivity contribution in [2.75, 3.05) is 13.2 Å². The number of rotatable bonds is 8. The van der Waals surface area contributed by atoms with Gasteiger partial charge in [0.25, 0.3) is 0 Å². The van der Waals surface area contributed by atoms with E-state index >= 15 is 0 Å². The molecule has 2 rings (SSSR count). The number of carbonyl (C=O) groups excluding carboxylic acids is 1. The first-order valence-corrected chi connectivity index (χ1v) is 7.68. The number of hydrogen-bond donors (Lipinski definition) is 1. The van der Waals surface area contributed by atoms with E-state index in [9.17, 15) is 14.0 Å². The molecule has 1 aromatic carbocycles. The Kier molecular flexibility index (Phi) is 6.25. The van der Waals surface area contributed by atoms with Gasteiger partial charge in [-0.1, -0.05) is 0 Å². The maximum absolute atomic E-state index is 12.9. The lowest BCUT2D eigenvalue weighted by atomic mass is 10.2. The molecule has 24 heavy (non-hydrogen) atoms. The molecule has 0 radical (unpaired) electrons. The molecule has 2 aromatic rings. The van der Waals surface area contributed by atoms with Crippen LogP contribution in [0.2, 0.25) is 0 Å². The van der Waals surface area contributed by atoms with Crippen molar-refractivity contribution in [2.45, 2.75) is 32.9 Å². The average molecular weight is 337 g/mol. The molecule has 1 N–H and O–H groups in total. The van der Waals surface area contributed by atoms with Crippen LogP contribution in [0.5, 0.6) is 0 Å². The summed E-state index contributed by atoms with van der Waals surface area (Å²) in [6, 6.07) is 5.36. The fourth-order valence-electron chi connectivity index (χ4n) is 1.93. The Morgan fingerprint density at radius 3 is 2.75 bits per heavy atom. The van der Waals surface area contributed by atoms with E-state index in [4.69, 9.17) is 9.15 Å². The second-order valence-electron chi connectivity index (χ2n) is 5.46. The summed E-state index contributed by atoms with van der Waals surface area (Å²) in [5.74, 6) is -1.45. The standard InChI is InChI=1S/C16H20FN3O4/c1-11(2)23-9-3-8-18-14(21)10-20-16(22)24-15(19-20)12-4-6-13(17)7-5-12/h4-7,11H,3,8-10H2,1-2H3,(H,18,21). The summed E-state index contributed by atoms with van der Waals surface area (Å²) >= 11 is 0. The third kappa shape index (κ3) is 5.31. The Labute approximate surface area is 138 Å². The number of benzene rings is 1. The lowest BCUT2D eigenvalue weighted by Gasteiger charge is -2.07. The zero-order valence-corrected chi connectivity index (χ0v) is 13.6. The van der Waals surface area contributed by atoms with Crippen molar-refractivity contribution >= 4 is 5.91 Å². The van der Waals surface area contributed by atoms with E-state index in [0.29, 0.717) is 25.1 Å². The zero-order chi connectivity index (χ0) is 17.5. The summed E-state index contributed by atoms with van der Waals surface area (Å²) in [7, 11) is 0. The van der Waals surface area contributed by atoms with Crippen LogP contribution in [0.1, 0.15) is 20.3 Å². The largest absolute Gasteiger partial charge is 0.437 e. The van der Waals surface area contributed by atoms with Crippen LogP contribution in [0, 0.1) is 5.82 Å². The summed E-state index contributed by atoms with van der Waals surface area (Å²) in [4.78, 5) is 23.5. The highest BCUT2D eigenvalue weighted by molar-refractivity contribution is 5.75. The molecule has 0 saturated heterocycles. The van der Waals surface area contributed by atoms with Crippen molar-refractivity contribution in [2.24, 2.45) is 0 Å². The highest BCUT2D eigenvalue weighted by Gasteiger charge is 2.13. The van der Waals surface area contributed by atoms with Gasteiger partial charge in [0.1, 0.15) is 12.4 Å². The van der Waals surface area contributed by atoms with E-state index < -0.39 is 11.6 Å². The normalized spacial score (nSPS) is 11.0. The molecular weight excluding hydrogens is 317 g/mol. The minimum Gasteiger partial charge on any atom is -0.388 e.